The van der Waals surface area contributed by atoms with Crippen molar-refractivity contribution in [3.63, 3.8) is 0 Å². The van der Waals surface area contributed by atoms with Crippen molar-refractivity contribution in [2.24, 2.45) is 0 Å². The fourth-order valence-electron chi connectivity index (χ4n) is 2.90. The van der Waals surface area contributed by atoms with Crippen LogP contribution in [0.5, 0.6) is 0 Å². The minimum absolute atomic E-state index is 0.148. The fourth-order valence-corrected chi connectivity index (χ4v) is 3.10. The topological polar surface area (TPSA) is 38.3 Å². The standard InChI is InChI=1S/C16H20ClNO2/c17-12-4-1-3-11(9-12)14-10-15(14)18-16(19)7-6-13-5-2-8-20-13/h1,3-4,9,13-15H,2,5-8,10H2,(H,18,19). The second-order valence-corrected chi connectivity index (χ2v) is 6.18. The first-order valence-electron chi connectivity index (χ1n) is 7.39. The van der Waals surface area contributed by atoms with Crippen LogP contribution in [0.4, 0.5) is 0 Å². The smallest absolute Gasteiger partial charge is 0.220 e. The van der Waals surface area contributed by atoms with Gasteiger partial charge in [-0.3, -0.25) is 4.79 Å². The van der Waals surface area contributed by atoms with E-state index >= 15 is 0 Å². The van der Waals surface area contributed by atoms with Crippen molar-refractivity contribution in [2.75, 3.05) is 6.61 Å². The van der Waals surface area contributed by atoms with Gasteiger partial charge in [0.1, 0.15) is 0 Å². The molecule has 20 heavy (non-hydrogen) atoms. The van der Waals surface area contributed by atoms with E-state index in [2.05, 4.69) is 11.4 Å². The van der Waals surface area contributed by atoms with Gasteiger partial charge in [0.2, 0.25) is 5.91 Å². The molecule has 1 aromatic rings. The maximum Gasteiger partial charge on any atom is 0.220 e. The number of hydrogen-bond donors (Lipinski definition) is 1. The van der Waals surface area contributed by atoms with Gasteiger partial charge in [0.15, 0.2) is 0 Å². The molecule has 3 atom stereocenters. The SMILES string of the molecule is O=C(CCC1CCCO1)NC1CC1c1cccc(Cl)c1. The van der Waals surface area contributed by atoms with Gasteiger partial charge in [-0.2, -0.15) is 0 Å². The maximum atomic E-state index is 11.9. The van der Waals surface area contributed by atoms with Crippen molar-refractivity contribution in [2.45, 2.75) is 50.2 Å². The molecule has 1 saturated heterocycles. The fraction of sp³-hybridized carbons (Fsp3) is 0.562. The van der Waals surface area contributed by atoms with E-state index in [9.17, 15) is 4.79 Å². The van der Waals surface area contributed by atoms with E-state index < -0.39 is 0 Å². The zero-order valence-electron chi connectivity index (χ0n) is 11.5. The van der Waals surface area contributed by atoms with E-state index in [0.29, 0.717) is 18.4 Å². The van der Waals surface area contributed by atoms with Crippen LogP contribution in [0.3, 0.4) is 0 Å². The second kappa shape index (κ2) is 6.15. The van der Waals surface area contributed by atoms with Crippen molar-refractivity contribution in [3.05, 3.63) is 34.9 Å². The second-order valence-electron chi connectivity index (χ2n) is 5.74. The summed E-state index contributed by atoms with van der Waals surface area (Å²) >= 11 is 5.99. The van der Waals surface area contributed by atoms with Crippen molar-refractivity contribution in [3.8, 4) is 0 Å². The summed E-state index contributed by atoms with van der Waals surface area (Å²) in [6, 6.07) is 8.19. The lowest BCUT2D eigenvalue weighted by Crippen LogP contribution is -2.27. The average Bonchev–Trinajstić information content (AvgIpc) is 2.99. The Hall–Kier alpha value is -1.06. The number of carbonyl (C=O) groups excluding carboxylic acids is 1. The van der Waals surface area contributed by atoms with E-state index in [1.54, 1.807) is 0 Å². The Kier molecular flexibility index (Phi) is 4.27. The first-order valence-corrected chi connectivity index (χ1v) is 7.76. The van der Waals surface area contributed by atoms with Crippen LogP contribution in [-0.4, -0.2) is 24.7 Å². The molecule has 2 aliphatic rings. The molecule has 1 saturated carbocycles. The zero-order chi connectivity index (χ0) is 13.9. The third-order valence-corrected chi connectivity index (χ3v) is 4.37. The van der Waals surface area contributed by atoms with Crippen LogP contribution in [0.1, 0.15) is 43.6 Å². The highest BCUT2D eigenvalue weighted by Gasteiger charge is 2.39. The number of rotatable bonds is 5. The molecular formula is C16H20ClNO2. The molecule has 4 heteroatoms. The molecule has 0 bridgehead atoms. The van der Waals surface area contributed by atoms with Crippen molar-refractivity contribution in [1.29, 1.82) is 0 Å². The summed E-state index contributed by atoms with van der Waals surface area (Å²) in [6.07, 6.45) is 4.97. The minimum atomic E-state index is 0.148. The summed E-state index contributed by atoms with van der Waals surface area (Å²) < 4.78 is 5.53. The molecule has 1 aromatic carbocycles. The predicted molar refractivity (Wildman–Crippen MR) is 78.9 cm³/mol. The number of carbonyl (C=O) groups is 1. The Labute approximate surface area is 124 Å². The molecule has 0 radical (unpaired) electrons. The first kappa shape index (κ1) is 13.9. The Balaban J connectivity index is 1.42. The predicted octanol–water partition coefficient (Wildman–Crippen LogP) is 3.27. The van der Waals surface area contributed by atoms with E-state index in [-0.39, 0.29) is 11.9 Å². The number of halogens is 1. The molecular weight excluding hydrogens is 274 g/mol. The van der Waals surface area contributed by atoms with Crippen LogP contribution in [0.15, 0.2) is 24.3 Å². The van der Waals surface area contributed by atoms with Crippen molar-refractivity contribution >= 4 is 17.5 Å². The Bertz CT molecular complexity index is 485. The molecule has 3 unspecified atom stereocenters. The van der Waals surface area contributed by atoms with E-state index in [0.717, 1.165) is 37.3 Å². The highest BCUT2D eigenvalue weighted by molar-refractivity contribution is 6.30. The molecule has 0 spiro atoms. The monoisotopic (exact) mass is 293 g/mol. The third-order valence-electron chi connectivity index (χ3n) is 4.13. The lowest BCUT2D eigenvalue weighted by molar-refractivity contribution is -0.121. The van der Waals surface area contributed by atoms with Crippen LogP contribution in [0.2, 0.25) is 5.02 Å². The third kappa shape index (κ3) is 3.53. The largest absolute Gasteiger partial charge is 0.378 e. The van der Waals surface area contributed by atoms with Gasteiger partial charge in [-0.1, -0.05) is 23.7 Å². The lowest BCUT2D eigenvalue weighted by atomic mass is 10.1. The van der Waals surface area contributed by atoms with Gasteiger partial charge in [0, 0.05) is 30.0 Å². The van der Waals surface area contributed by atoms with E-state index in [4.69, 9.17) is 16.3 Å². The van der Waals surface area contributed by atoms with Gasteiger partial charge in [0.25, 0.3) is 0 Å². The quantitative estimate of drug-likeness (QED) is 0.905. The maximum absolute atomic E-state index is 11.9. The Morgan fingerprint density at radius 1 is 1.45 bits per heavy atom. The van der Waals surface area contributed by atoms with Crippen LogP contribution >= 0.6 is 11.6 Å². The van der Waals surface area contributed by atoms with Gasteiger partial charge < -0.3 is 10.1 Å². The highest BCUT2D eigenvalue weighted by Crippen LogP contribution is 2.41. The summed E-state index contributed by atoms with van der Waals surface area (Å²) in [5.74, 6) is 0.579. The number of nitrogens with one attached hydrogen (secondary N) is 1. The van der Waals surface area contributed by atoms with E-state index in [1.807, 2.05) is 18.2 Å². The van der Waals surface area contributed by atoms with Gasteiger partial charge in [-0.05, 0) is 43.4 Å². The normalized spacial score (nSPS) is 28.4. The molecule has 1 heterocycles. The molecule has 1 N–H and O–H groups in total. The van der Waals surface area contributed by atoms with Crippen LogP contribution in [0.25, 0.3) is 0 Å². The molecule has 2 fully saturated rings. The van der Waals surface area contributed by atoms with Gasteiger partial charge >= 0.3 is 0 Å². The summed E-state index contributed by atoms with van der Waals surface area (Å²) in [4.78, 5) is 11.9. The minimum Gasteiger partial charge on any atom is -0.378 e. The van der Waals surface area contributed by atoms with Crippen molar-refractivity contribution < 1.29 is 9.53 Å². The number of benzene rings is 1. The summed E-state index contributed by atoms with van der Waals surface area (Å²) in [7, 11) is 0. The highest BCUT2D eigenvalue weighted by atomic mass is 35.5. The number of ether oxygens (including phenoxy) is 1. The summed E-state index contributed by atoms with van der Waals surface area (Å²) in [5, 5.41) is 3.87. The van der Waals surface area contributed by atoms with Gasteiger partial charge in [-0.15, -0.1) is 0 Å². The molecule has 3 rings (SSSR count). The number of amides is 1. The molecule has 1 aliphatic carbocycles. The van der Waals surface area contributed by atoms with Crippen LogP contribution in [0, 0.1) is 0 Å². The molecule has 1 aliphatic heterocycles. The first-order chi connectivity index (χ1) is 9.72. The zero-order valence-corrected chi connectivity index (χ0v) is 12.2. The Morgan fingerprint density at radius 2 is 2.35 bits per heavy atom. The van der Waals surface area contributed by atoms with E-state index in [1.165, 1.54) is 5.56 Å². The Morgan fingerprint density at radius 3 is 3.10 bits per heavy atom. The van der Waals surface area contributed by atoms with Gasteiger partial charge in [0.05, 0.1) is 6.10 Å². The lowest BCUT2D eigenvalue weighted by Gasteiger charge is -2.09. The average molecular weight is 294 g/mol. The van der Waals surface area contributed by atoms with Crippen LogP contribution < -0.4 is 5.32 Å². The molecule has 108 valence electrons. The summed E-state index contributed by atoms with van der Waals surface area (Å²) in [6.45, 7) is 0.853. The van der Waals surface area contributed by atoms with Gasteiger partial charge in [-0.25, -0.2) is 0 Å². The molecule has 1 amide bonds. The van der Waals surface area contributed by atoms with Crippen molar-refractivity contribution in [1.82, 2.24) is 5.32 Å². The molecule has 0 aromatic heterocycles. The molecule has 3 nitrogen and oxygen atoms in total. The van der Waals surface area contributed by atoms with Crippen LogP contribution in [-0.2, 0) is 9.53 Å². The summed E-state index contributed by atoms with van der Waals surface area (Å²) in [5.41, 5.74) is 1.22. The number of hydrogen-bond acceptors (Lipinski definition) is 2.